The Morgan fingerprint density at radius 3 is 2.69 bits per heavy atom. The van der Waals surface area contributed by atoms with Crippen LogP contribution in [-0.4, -0.2) is 53.4 Å². The van der Waals surface area contributed by atoms with Gasteiger partial charge < -0.3 is 20.7 Å². The Morgan fingerprint density at radius 1 is 1.19 bits per heavy atom. The van der Waals surface area contributed by atoms with Crippen LogP contribution >= 0.6 is 0 Å². The molecular weight excluding hydrogens is 406 g/mol. The van der Waals surface area contributed by atoms with E-state index in [0.29, 0.717) is 30.2 Å². The van der Waals surface area contributed by atoms with Crippen molar-refractivity contribution in [2.45, 2.75) is 13.3 Å². The first kappa shape index (κ1) is 21.3. The number of nitrogen functional groups attached to an aromatic ring is 1. The normalized spacial score (nSPS) is 13.6. The van der Waals surface area contributed by atoms with Crippen LogP contribution in [-0.2, 0) is 11.2 Å². The molecule has 8 heteroatoms. The number of pyridine rings is 2. The molecule has 0 atom stereocenters. The maximum atomic E-state index is 13.0. The highest BCUT2D eigenvalue weighted by Crippen LogP contribution is 2.36. The molecule has 3 aromatic rings. The number of amides is 2. The van der Waals surface area contributed by atoms with Crippen LogP contribution in [0.4, 0.5) is 5.82 Å². The zero-order valence-corrected chi connectivity index (χ0v) is 18.1. The topological polar surface area (TPSA) is 110 Å². The minimum atomic E-state index is -0.227. The summed E-state index contributed by atoms with van der Waals surface area (Å²) in [4.78, 5) is 35.0. The van der Waals surface area contributed by atoms with Gasteiger partial charge in [-0.25, -0.2) is 4.98 Å². The van der Waals surface area contributed by atoms with Gasteiger partial charge in [-0.1, -0.05) is 13.0 Å². The smallest absolute Gasteiger partial charge is 0.258 e. The lowest BCUT2D eigenvalue weighted by Crippen LogP contribution is -2.50. The van der Waals surface area contributed by atoms with E-state index >= 15 is 0 Å². The highest BCUT2D eigenvalue weighted by molar-refractivity contribution is 6.00. The third-order valence-corrected chi connectivity index (χ3v) is 5.51. The molecule has 2 amide bonds. The Hall–Kier alpha value is -3.94. The van der Waals surface area contributed by atoms with E-state index in [2.05, 4.69) is 22.2 Å². The lowest BCUT2D eigenvalue weighted by atomic mass is 9.92. The monoisotopic (exact) mass is 431 g/mol. The number of nitrogens with two attached hydrogens (primary N) is 1. The molecule has 32 heavy (non-hydrogen) atoms. The molecule has 0 saturated carbocycles. The van der Waals surface area contributed by atoms with Gasteiger partial charge in [-0.2, -0.15) is 0 Å². The second-order valence-electron chi connectivity index (χ2n) is 7.50. The van der Waals surface area contributed by atoms with E-state index in [1.807, 2.05) is 24.3 Å². The van der Waals surface area contributed by atoms with E-state index in [1.165, 1.54) is 12.0 Å². The average Bonchev–Trinajstić information content (AvgIpc) is 2.83. The number of carbonyl (C=O) groups excluding carboxylic acids is 2. The van der Waals surface area contributed by atoms with Crippen LogP contribution < -0.4 is 15.8 Å². The summed E-state index contributed by atoms with van der Waals surface area (Å²) in [5, 5.41) is 2.73. The third-order valence-electron chi connectivity index (χ3n) is 5.51. The molecule has 1 saturated heterocycles. The Morgan fingerprint density at radius 2 is 2.00 bits per heavy atom. The SMILES string of the molecule is CCc1nccc(-c2ccc(C(=O)N3CCNC(=O)C3)c(OC)c2)c1-c1ccc(N)nc1. The summed E-state index contributed by atoms with van der Waals surface area (Å²) in [6.45, 7) is 3.01. The van der Waals surface area contributed by atoms with Gasteiger partial charge in [0.25, 0.3) is 5.91 Å². The first-order valence-electron chi connectivity index (χ1n) is 10.5. The first-order valence-corrected chi connectivity index (χ1v) is 10.5. The van der Waals surface area contributed by atoms with Gasteiger partial charge >= 0.3 is 0 Å². The summed E-state index contributed by atoms with van der Waals surface area (Å²) >= 11 is 0. The van der Waals surface area contributed by atoms with Crippen molar-refractivity contribution in [1.82, 2.24) is 20.2 Å². The minimum Gasteiger partial charge on any atom is -0.496 e. The van der Waals surface area contributed by atoms with Crippen LogP contribution in [0.25, 0.3) is 22.3 Å². The molecule has 0 spiro atoms. The molecule has 3 heterocycles. The Labute approximate surface area is 186 Å². The Balaban J connectivity index is 1.77. The summed E-state index contributed by atoms with van der Waals surface area (Å²) in [5.74, 6) is 0.517. The van der Waals surface area contributed by atoms with Gasteiger partial charge in [-0.3, -0.25) is 14.6 Å². The number of rotatable bonds is 5. The van der Waals surface area contributed by atoms with E-state index in [1.54, 1.807) is 24.5 Å². The van der Waals surface area contributed by atoms with Crippen molar-refractivity contribution in [1.29, 1.82) is 0 Å². The molecule has 3 N–H and O–H groups in total. The van der Waals surface area contributed by atoms with Crippen LogP contribution in [0.15, 0.2) is 48.8 Å². The van der Waals surface area contributed by atoms with Crippen molar-refractivity contribution >= 4 is 17.6 Å². The highest BCUT2D eigenvalue weighted by atomic mass is 16.5. The van der Waals surface area contributed by atoms with Crippen LogP contribution in [0, 0.1) is 0 Å². The largest absolute Gasteiger partial charge is 0.496 e. The molecular formula is C24H25N5O3. The van der Waals surface area contributed by atoms with Crippen molar-refractivity contribution in [2.24, 2.45) is 0 Å². The maximum absolute atomic E-state index is 13.0. The molecule has 1 aliphatic heterocycles. The van der Waals surface area contributed by atoms with E-state index in [-0.39, 0.29) is 18.4 Å². The van der Waals surface area contributed by atoms with Crippen LogP contribution in [0.2, 0.25) is 0 Å². The van der Waals surface area contributed by atoms with Gasteiger partial charge in [0.1, 0.15) is 11.6 Å². The summed E-state index contributed by atoms with van der Waals surface area (Å²) in [7, 11) is 1.54. The van der Waals surface area contributed by atoms with Crippen LogP contribution in [0.1, 0.15) is 23.0 Å². The fourth-order valence-corrected chi connectivity index (χ4v) is 3.91. The van der Waals surface area contributed by atoms with Gasteiger partial charge in [-0.05, 0) is 47.9 Å². The quantitative estimate of drug-likeness (QED) is 0.642. The summed E-state index contributed by atoms with van der Waals surface area (Å²) in [5.41, 5.74) is 10.9. The van der Waals surface area contributed by atoms with Gasteiger partial charge in [0.15, 0.2) is 0 Å². The molecule has 1 aliphatic rings. The number of hydrogen-bond donors (Lipinski definition) is 2. The van der Waals surface area contributed by atoms with Crippen LogP contribution in [0.3, 0.4) is 0 Å². The molecule has 164 valence electrons. The van der Waals surface area contributed by atoms with Crippen LogP contribution in [0.5, 0.6) is 5.75 Å². The average molecular weight is 431 g/mol. The lowest BCUT2D eigenvalue weighted by molar-refractivity contribution is -0.123. The summed E-state index contributed by atoms with van der Waals surface area (Å²) < 4.78 is 5.57. The number of ether oxygens (including phenoxy) is 1. The summed E-state index contributed by atoms with van der Waals surface area (Å²) in [6, 6.07) is 11.1. The summed E-state index contributed by atoms with van der Waals surface area (Å²) in [6.07, 6.45) is 4.27. The predicted octanol–water partition coefficient (Wildman–Crippen LogP) is 2.54. The number of aromatic nitrogens is 2. The molecule has 0 aliphatic carbocycles. The Kier molecular flexibility index (Phi) is 6.02. The number of nitrogens with one attached hydrogen (secondary N) is 1. The van der Waals surface area contributed by atoms with Gasteiger partial charge in [0, 0.05) is 42.3 Å². The lowest BCUT2D eigenvalue weighted by Gasteiger charge is -2.27. The van der Waals surface area contributed by atoms with E-state index in [4.69, 9.17) is 10.5 Å². The number of piperazine rings is 1. The van der Waals surface area contributed by atoms with Crippen molar-refractivity contribution < 1.29 is 14.3 Å². The molecule has 0 radical (unpaired) electrons. The maximum Gasteiger partial charge on any atom is 0.258 e. The van der Waals surface area contributed by atoms with Crippen molar-refractivity contribution in [3.8, 4) is 28.0 Å². The zero-order chi connectivity index (χ0) is 22.7. The molecule has 4 rings (SSSR count). The number of hydrogen-bond acceptors (Lipinski definition) is 6. The van der Waals surface area contributed by atoms with E-state index in [9.17, 15) is 9.59 Å². The van der Waals surface area contributed by atoms with E-state index in [0.717, 1.165) is 34.4 Å². The highest BCUT2D eigenvalue weighted by Gasteiger charge is 2.25. The van der Waals surface area contributed by atoms with Gasteiger partial charge in [0.2, 0.25) is 5.91 Å². The van der Waals surface area contributed by atoms with Gasteiger partial charge in [-0.15, -0.1) is 0 Å². The molecule has 0 unspecified atom stereocenters. The number of benzene rings is 1. The Bertz CT molecular complexity index is 1160. The van der Waals surface area contributed by atoms with Crippen molar-refractivity contribution in [3.05, 3.63) is 60.0 Å². The minimum absolute atomic E-state index is 0.0439. The fraction of sp³-hybridized carbons (Fsp3) is 0.250. The molecule has 2 aromatic heterocycles. The zero-order valence-electron chi connectivity index (χ0n) is 18.1. The van der Waals surface area contributed by atoms with Crippen molar-refractivity contribution in [2.75, 3.05) is 32.5 Å². The first-order chi connectivity index (χ1) is 15.5. The number of aryl methyl sites for hydroxylation is 1. The second kappa shape index (κ2) is 9.05. The molecule has 1 fully saturated rings. The predicted molar refractivity (Wildman–Crippen MR) is 122 cm³/mol. The number of methoxy groups -OCH3 is 1. The molecule has 0 bridgehead atoms. The second-order valence-corrected chi connectivity index (χ2v) is 7.50. The number of nitrogens with zero attached hydrogens (tertiary/aromatic N) is 3. The fourth-order valence-electron chi connectivity index (χ4n) is 3.91. The molecule has 8 nitrogen and oxygen atoms in total. The third kappa shape index (κ3) is 4.12. The van der Waals surface area contributed by atoms with Gasteiger partial charge in [0.05, 0.1) is 19.2 Å². The van der Waals surface area contributed by atoms with Crippen molar-refractivity contribution in [3.63, 3.8) is 0 Å². The number of carbonyl (C=O) groups is 2. The van der Waals surface area contributed by atoms with E-state index < -0.39 is 0 Å². The number of anilines is 1. The standard InChI is InChI=1S/C24H25N5O3/c1-3-19-23(16-5-7-21(25)28-13-16)17(8-9-26-19)15-4-6-18(20(12-15)32-2)24(31)29-11-10-27-22(30)14-29/h4-9,12-13H,3,10-11,14H2,1-2H3,(H2,25,28)(H,27,30). The molecule has 1 aromatic carbocycles.